The number of carbonyl (C=O) groups excluding carboxylic acids is 2. The number of nitrogens with one attached hydrogen (secondary N) is 1. The number of amides is 2. The van der Waals surface area contributed by atoms with Gasteiger partial charge in [0.25, 0.3) is 0 Å². The molecule has 10 heteroatoms. The third kappa shape index (κ3) is 4.09. The maximum absolute atomic E-state index is 15.1. The maximum Gasteiger partial charge on any atom is 0.416 e. The zero-order valence-corrected chi connectivity index (χ0v) is 18.2. The van der Waals surface area contributed by atoms with Gasteiger partial charge in [0.2, 0.25) is 5.91 Å². The average molecular weight is 452 g/mol. The lowest BCUT2D eigenvalue weighted by Gasteiger charge is -2.38. The molecular weight excluding hydrogens is 427 g/mol. The van der Waals surface area contributed by atoms with E-state index in [0.29, 0.717) is 24.6 Å². The zero-order valence-electron chi connectivity index (χ0n) is 18.2. The number of piperazine rings is 1. The van der Waals surface area contributed by atoms with Crippen molar-refractivity contribution in [2.45, 2.75) is 12.5 Å². The number of H-pyrrole nitrogens is 1. The summed E-state index contributed by atoms with van der Waals surface area (Å²) in [6.07, 6.45) is -2.47. The fourth-order valence-corrected chi connectivity index (χ4v) is 4.27. The Morgan fingerprint density at radius 2 is 1.91 bits per heavy atom. The molecule has 0 bridgehead atoms. The molecule has 2 aliphatic rings. The SMILES string of the molecule is CN(C(=O)CN1CCN(c2n[nH]c3ccccc23)C(F)C1)C1CN(c2ccccc2)C(=O)O1. The molecule has 9 nitrogen and oxygen atoms in total. The molecule has 2 atom stereocenters. The fourth-order valence-electron chi connectivity index (χ4n) is 4.27. The molecule has 0 radical (unpaired) electrons. The van der Waals surface area contributed by atoms with Gasteiger partial charge in [-0.1, -0.05) is 30.3 Å². The van der Waals surface area contributed by atoms with Crippen LogP contribution in [0.15, 0.2) is 54.6 Å². The Labute approximate surface area is 190 Å². The van der Waals surface area contributed by atoms with Gasteiger partial charge in [0.1, 0.15) is 0 Å². The quantitative estimate of drug-likeness (QED) is 0.599. The number of para-hydroxylation sites is 2. The molecule has 0 aliphatic carbocycles. The normalized spacial score (nSPS) is 21.5. The van der Waals surface area contributed by atoms with Crippen LogP contribution < -0.4 is 9.80 Å². The van der Waals surface area contributed by atoms with E-state index in [9.17, 15) is 9.59 Å². The number of aromatic amines is 1. The predicted octanol–water partition coefficient (Wildman–Crippen LogP) is 2.42. The van der Waals surface area contributed by atoms with E-state index in [-0.39, 0.29) is 25.5 Å². The minimum atomic E-state index is -1.29. The second-order valence-electron chi connectivity index (χ2n) is 8.24. The summed E-state index contributed by atoms with van der Waals surface area (Å²) in [5.41, 5.74) is 1.57. The second kappa shape index (κ2) is 8.70. The van der Waals surface area contributed by atoms with Gasteiger partial charge >= 0.3 is 6.09 Å². The van der Waals surface area contributed by atoms with Crippen LogP contribution in [0.1, 0.15) is 0 Å². The highest BCUT2D eigenvalue weighted by molar-refractivity contribution is 5.91. The summed E-state index contributed by atoms with van der Waals surface area (Å²) in [7, 11) is 1.60. The molecule has 33 heavy (non-hydrogen) atoms. The third-order valence-corrected chi connectivity index (χ3v) is 6.17. The first kappa shape index (κ1) is 21.2. The summed E-state index contributed by atoms with van der Waals surface area (Å²) < 4.78 is 20.5. The molecule has 2 unspecified atom stereocenters. The van der Waals surface area contributed by atoms with Gasteiger partial charge in [0.05, 0.1) is 18.6 Å². The Morgan fingerprint density at radius 1 is 1.15 bits per heavy atom. The number of ether oxygens (including phenoxy) is 1. The molecule has 5 rings (SSSR count). The minimum absolute atomic E-state index is 0.0471. The van der Waals surface area contributed by atoms with Crippen molar-refractivity contribution in [1.29, 1.82) is 0 Å². The van der Waals surface area contributed by atoms with E-state index in [4.69, 9.17) is 4.74 Å². The Kier molecular flexibility index (Phi) is 5.59. The van der Waals surface area contributed by atoms with Crippen molar-refractivity contribution in [2.75, 3.05) is 49.6 Å². The zero-order chi connectivity index (χ0) is 22.9. The standard InChI is InChI=1S/C23H25FN6O3/c1-27(21-15-30(23(32)33-21)16-7-3-2-4-8-16)20(31)14-28-11-12-29(19(24)13-28)22-17-9-5-6-10-18(17)25-26-22/h2-10,19,21H,11-15H2,1H3,(H,25,26). The summed E-state index contributed by atoms with van der Waals surface area (Å²) in [5, 5.41) is 8.10. The average Bonchev–Trinajstić information content (AvgIpc) is 3.43. The van der Waals surface area contributed by atoms with E-state index in [1.54, 1.807) is 16.8 Å². The lowest BCUT2D eigenvalue weighted by atomic mass is 10.2. The molecule has 2 amide bonds. The smallest absolute Gasteiger partial charge is 0.416 e. The second-order valence-corrected chi connectivity index (χ2v) is 8.24. The molecule has 172 valence electrons. The van der Waals surface area contributed by atoms with E-state index in [0.717, 1.165) is 10.9 Å². The van der Waals surface area contributed by atoms with Crippen LogP contribution in [0, 0.1) is 0 Å². The number of fused-ring (bicyclic) bond motifs is 1. The highest BCUT2D eigenvalue weighted by atomic mass is 19.1. The summed E-state index contributed by atoms with van der Waals surface area (Å²) in [6.45, 7) is 1.30. The van der Waals surface area contributed by atoms with Crippen LogP contribution >= 0.6 is 0 Å². The van der Waals surface area contributed by atoms with Crippen LogP contribution in [0.4, 0.5) is 20.7 Å². The topological polar surface area (TPSA) is 85.0 Å². The maximum atomic E-state index is 15.1. The van der Waals surface area contributed by atoms with Crippen molar-refractivity contribution in [3.8, 4) is 0 Å². The van der Waals surface area contributed by atoms with Gasteiger partial charge in [-0.3, -0.25) is 19.7 Å². The molecule has 2 aromatic carbocycles. The largest absolute Gasteiger partial charge is 0.423 e. The predicted molar refractivity (Wildman–Crippen MR) is 122 cm³/mol. The Bertz CT molecular complexity index is 1160. The van der Waals surface area contributed by atoms with Crippen molar-refractivity contribution >= 4 is 34.4 Å². The molecule has 2 aliphatic heterocycles. The first-order valence-corrected chi connectivity index (χ1v) is 10.9. The summed E-state index contributed by atoms with van der Waals surface area (Å²) in [6, 6.07) is 16.8. The minimum Gasteiger partial charge on any atom is -0.423 e. The van der Waals surface area contributed by atoms with Crippen molar-refractivity contribution in [3.05, 3.63) is 54.6 Å². The Balaban J connectivity index is 1.18. The molecule has 2 fully saturated rings. The lowest BCUT2D eigenvalue weighted by molar-refractivity contribution is -0.138. The Hall–Kier alpha value is -3.66. The number of benzene rings is 2. The summed E-state index contributed by atoms with van der Waals surface area (Å²) in [4.78, 5) is 31.5. The van der Waals surface area contributed by atoms with Crippen molar-refractivity contribution < 1.29 is 18.7 Å². The van der Waals surface area contributed by atoms with Crippen molar-refractivity contribution in [2.24, 2.45) is 0 Å². The number of likely N-dealkylation sites (N-methyl/N-ethyl adjacent to an activating group) is 1. The van der Waals surface area contributed by atoms with Gasteiger partial charge in [-0.25, -0.2) is 9.18 Å². The van der Waals surface area contributed by atoms with Gasteiger partial charge in [0, 0.05) is 37.8 Å². The number of hydrogen-bond acceptors (Lipinski definition) is 6. The molecule has 3 aromatic rings. The van der Waals surface area contributed by atoms with Gasteiger partial charge in [-0.2, -0.15) is 5.10 Å². The molecule has 2 saturated heterocycles. The number of halogens is 1. The number of cyclic esters (lactones) is 1. The van der Waals surface area contributed by atoms with Crippen LogP contribution in [0.5, 0.6) is 0 Å². The van der Waals surface area contributed by atoms with Gasteiger partial charge in [-0.05, 0) is 24.3 Å². The molecule has 1 aromatic heterocycles. The van der Waals surface area contributed by atoms with E-state index in [1.807, 2.05) is 54.6 Å². The highest BCUT2D eigenvalue weighted by Gasteiger charge is 2.37. The number of anilines is 2. The van der Waals surface area contributed by atoms with Crippen LogP contribution in [0.3, 0.4) is 0 Å². The summed E-state index contributed by atoms with van der Waals surface area (Å²) >= 11 is 0. The fraction of sp³-hybridized carbons (Fsp3) is 0.348. The van der Waals surface area contributed by atoms with Gasteiger partial charge < -0.3 is 14.5 Å². The summed E-state index contributed by atoms with van der Waals surface area (Å²) in [5.74, 6) is 0.355. The number of aromatic nitrogens is 2. The number of alkyl halides is 1. The molecule has 3 heterocycles. The third-order valence-electron chi connectivity index (χ3n) is 6.17. The monoisotopic (exact) mass is 452 g/mol. The molecule has 0 saturated carbocycles. The number of carbonyl (C=O) groups is 2. The number of nitrogens with zero attached hydrogens (tertiary/aromatic N) is 5. The van der Waals surface area contributed by atoms with Crippen LogP contribution in [0.25, 0.3) is 10.9 Å². The van der Waals surface area contributed by atoms with E-state index in [2.05, 4.69) is 10.2 Å². The number of rotatable bonds is 5. The lowest BCUT2D eigenvalue weighted by Crippen LogP contribution is -2.54. The van der Waals surface area contributed by atoms with Crippen LogP contribution in [0.2, 0.25) is 0 Å². The van der Waals surface area contributed by atoms with Crippen LogP contribution in [-0.2, 0) is 9.53 Å². The van der Waals surface area contributed by atoms with Gasteiger partial charge in [-0.15, -0.1) is 0 Å². The van der Waals surface area contributed by atoms with E-state index >= 15 is 4.39 Å². The first-order valence-electron chi connectivity index (χ1n) is 10.9. The van der Waals surface area contributed by atoms with E-state index in [1.165, 1.54) is 9.80 Å². The van der Waals surface area contributed by atoms with E-state index < -0.39 is 18.6 Å². The van der Waals surface area contributed by atoms with Crippen LogP contribution in [-0.4, -0.2) is 84.3 Å². The number of hydrogen-bond donors (Lipinski definition) is 1. The van der Waals surface area contributed by atoms with Gasteiger partial charge in [0.15, 0.2) is 18.3 Å². The molecule has 1 N–H and O–H groups in total. The molecule has 0 spiro atoms. The first-order chi connectivity index (χ1) is 16.0. The van der Waals surface area contributed by atoms with Crippen molar-refractivity contribution in [3.63, 3.8) is 0 Å². The Morgan fingerprint density at radius 3 is 2.70 bits per heavy atom. The molecular formula is C23H25FN6O3. The van der Waals surface area contributed by atoms with Crippen molar-refractivity contribution in [1.82, 2.24) is 20.0 Å². The highest BCUT2D eigenvalue weighted by Crippen LogP contribution is 2.28.